The van der Waals surface area contributed by atoms with Crippen LogP contribution in [0.4, 0.5) is 0 Å². The number of carboxylic acids is 2. The molecule has 0 aromatic heterocycles. The second kappa shape index (κ2) is 16.8. The minimum Gasteiger partial charge on any atom is -0.478 e. The fraction of sp³-hybridized carbons (Fsp3) is 0.704. The summed E-state index contributed by atoms with van der Waals surface area (Å²) >= 11 is 0. The van der Waals surface area contributed by atoms with Gasteiger partial charge in [0.05, 0.1) is 11.1 Å². The molecule has 1 aromatic carbocycles. The first-order valence-corrected chi connectivity index (χ1v) is 12.6. The molecule has 4 heteroatoms. The van der Waals surface area contributed by atoms with E-state index in [1.165, 1.54) is 89.5 Å². The normalized spacial score (nSPS) is 11.0. The summed E-state index contributed by atoms with van der Waals surface area (Å²) < 4.78 is 0. The van der Waals surface area contributed by atoms with Gasteiger partial charge in [0.25, 0.3) is 0 Å². The van der Waals surface area contributed by atoms with E-state index in [0.717, 1.165) is 18.4 Å². The maximum atomic E-state index is 11.7. The molecule has 0 aliphatic heterocycles. The molecule has 31 heavy (non-hydrogen) atoms. The van der Waals surface area contributed by atoms with E-state index in [1.54, 1.807) is 6.07 Å². The van der Waals surface area contributed by atoms with Crippen molar-refractivity contribution < 1.29 is 19.8 Å². The van der Waals surface area contributed by atoms with Crippen molar-refractivity contribution in [1.82, 2.24) is 0 Å². The highest BCUT2D eigenvalue weighted by molar-refractivity contribution is 6.03. The monoisotopic (exact) mass is 432 g/mol. The van der Waals surface area contributed by atoms with Crippen LogP contribution in [0.15, 0.2) is 12.1 Å². The molecule has 0 heterocycles. The van der Waals surface area contributed by atoms with Gasteiger partial charge in [-0.3, -0.25) is 0 Å². The molecule has 1 rings (SSSR count). The van der Waals surface area contributed by atoms with Crippen LogP contribution in [0.1, 0.15) is 142 Å². The Morgan fingerprint density at radius 1 is 0.645 bits per heavy atom. The first-order valence-electron chi connectivity index (χ1n) is 12.6. The molecule has 0 spiro atoms. The number of aryl methyl sites for hydroxylation is 1. The van der Waals surface area contributed by atoms with Gasteiger partial charge in [0.1, 0.15) is 0 Å². The van der Waals surface area contributed by atoms with Gasteiger partial charge in [-0.2, -0.15) is 0 Å². The smallest absolute Gasteiger partial charge is 0.336 e. The number of carboxylic acid groups (broad SMARTS) is 2. The molecule has 0 fully saturated rings. The summed E-state index contributed by atoms with van der Waals surface area (Å²) in [5, 5.41) is 18.9. The Morgan fingerprint density at radius 3 is 1.48 bits per heavy atom. The number of hydrogen-bond donors (Lipinski definition) is 2. The Bertz CT molecular complexity index is 651. The van der Waals surface area contributed by atoms with Gasteiger partial charge < -0.3 is 10.2 Å². The lowest BCUT2D eigenvalue weighted by atomic mass is 9.90. The van der Waals surface area contributed by atoms with Crippen LogP contribution in [0.25, 0.3) is 0 Å². The summed E-state index contributed by atoms with van der Waals surface area (Å²) in [7, 11) is 0. The first-order chi connectivity index (χ1) is 15.0. The minimum atomic E-state index is -1.17. The molecule has 176 valence electrons. The summed E-state index contributed by atoms with van der Waals surface area (Å²) in [6, 6.07) is 3.21. The largest absolute Gasteiger partial charge is 0.478 e. The number of unbranched alkanes of at least 4 members (excludes halogenated alkanes) is 14. The van der Waals surface area contributed by atoms with E-state index in [4.69, 9.17) is 0 Å². The lowest BCUT2D eigenvalue weighted by Crippen LogP contribution is -2.13. The molecule has 0 unspecified atom stereocenters. The number of rotatable bonds is 19. The SMILES string of the molecule is CCCCCCCCCCCCCCCCCc1c(CC)ccc(C(=O)O)c1C(=O)O. The second-order valence-electron chi connectivity index (χ2n) is 8.79. The first kappa shape index (κ1) is 27.2. The third-order valence-electron chi connectivity index (χ3n) is 6.27. The highest BCUT2D eigenvalue weighted by atomic mass is 16.4. The van der Waals surface area contributed by atoms with E-state index in [9.17, 15) is 19.8 Å². The topological polar surface area (TPSA) is 74.6 Å². The van der Waals surface area contributed by atoms with Crippen LogP contribution < -0.4 is 0 Å². The Morgan fingerprint density at radius 2 is 1.10 bits per heavy atom. The van der Waals surface area contributed by atoms with Crippen molar-refractivity contribution in [2.75, 3.05) is 0 Å². The molecule has 0 aliphatic carbocycles. The van der Waals surface area contributed by atoms with Gasteiger partial charge in [-0.15, -0.1) is 0 Å². The van der Waals surface area contributed by atoms with Crippen LogP contribution in [0.2, 0.25) is 0 Å². The zero-order chi connectivity index (χ0) is 22.9. The molecule has 0 aliphatic rings. The van der Waals surface area contributed by atoms with Crippen molar-refractivity contribution in [3.8, 4) is 0 Å². The van der Waals surface area contributed by atoms with Crippen LogP contribution >= 0.6 is 0 Å². The lowest BCUT2D eigenvalue weighted by molar-refractivity contribution is 0.0650. The van der Waals surface area contributed by atoms with Crippen LogP contribution in [-0.2, 0) is 12.8 Å². The number of aromatic carboxylic acids is 2. The Kier molecular flexibility index (Phi) is 14.7. The quantitative estimate of drug-likeness (QED) is 0.217. The molecular formula is C27H44O4. The zero-order valence-corrected chi connectivity index (χ0v) is 19.9. The molecule has 0 bridgehead atoms. The highest BCUT2D eigenvalue weighted by Crippen LogP contribution is 2.23. The summed E-state index contributed by atoms with van der Waals surface area (Å²) in [6.45, 7) is 4.24. The van der Waals surface area contributed by atoms with Gasteiger partial charge in [0.2, 0.25) is 0 Å². The maximum Gasteiger partial charge on any atom is 0.336 e. The lowest BCUT2D eigenvalue weighted by Gasteiger charge is -2.14. The van der Waals surface area contributed by atoms with Crippen molar-refractivity contribution >= 4 is 11.9 Å². The van der Waals surface area contributed by atoms with Crippen molar-refractivity contribution in [2.24, 2.45) is 0 Å². The molecule has 1 aromatic rings. The van der Waals surface area contributed by atoms with Crippen molar-refractivity contribution in [1.29, 1.82) is 0 Å². The third kappa shape index (κ3) is 10.8. The minimum absolute atomic E-state index is 0.0165. The fourth-order valence-electron chi connectivity index (χ4n) is 4.40. The van der Waals surface area contributed by atoms with Gasteiger partial charge in [0, 0.05) is 0 Å². The fourth-order valence-corrected chi connectivity index (χ4v) is 4.40. The Hall–Kier alpha value is -1.84. The molecule has 0 saturated carbocycles. The predicted octanol–water partition coefficient (Wildman–Crippen LogP) is 8.06. The van der Waals surface area contributed by atoms with Crippen LogP contribution in [-0.4, -0.2) is 22.2 Å². The van der Waals surface area contributed by atoms with Crippen LogP contribution in [0.5, 0.6) is 0 Å². The second-order valence-corrected chi connectivity index (χ2v) is 8.79. The van der Waals surface area contributed by atoms with E-state index in [0.29, 0.717) is 18.4 Å². The van der Waals surface area contributed by atoms with Crippen LogP contribution in [0, 0.1) is 0 Å². The van der Waals surface area contributed by atoms with E-state index >= 15 is 0 Å². The standard InChI is InChI=1S/C27H44O4/c1-3-5-6-7-8-9-10-11-12-13-14-15-16-17-18-19-23-22(4-2)20-21-24(26(28)29)25(23)27(30)31/h20-21H,3-19H2,1-2H3,(H,28,29)(H,30,31). The van der Waals surface area contributed by atoms with Gasteiger partial charge in [0.15, 0.2) is 0 Å². The predicted molar refractivity (Wildman–Crippen MR) is 128 cm³/mol. The molecule has 0 atom stereocenters. The number of benzene rings is 1. The van der Waals surface area contributed by atoms with E-state index < -0.39 is 11.9 Å². The summed E-state index contributed by atoms with van der Waals surface area (Å²) in [5.74, 6) is -2.30. The molecule has 0 amide bonds. The van der Waals surface area contributed by atoms with Gasteiger partial charge >= 0.3 is 11.9 Å². The highest BCUT2D eigenvalue weighted by Gasteiger charge is 2.22. The average molecular weight is 433 g/mol. The van der Waals surface area contributed by atoms with E-state index in [-0.39, 0.29) is 11.1 Å². The van der Waals surface area contributed by atoms with Gasteiger partial charge in [-0.05, 0) is 36.5 Å². The van der Waals surface area contributed by atoms with Crippen LogP contribution in [0.3, 0.4) is 0 Å². The van der Waals surface area contributed by atoms with E-state index in [1.807, 2.05) is 6.92 Å². The summed E-state index contributed by atoms with van der Waals surface area (Å²) in [6.07, 6.45) is 20.7. The number of hydrogen-bond acceptors (Lipinski definition) is 2. The Labute approximate surface area is 189 Å². The van der Waals surface area contributed by atoms with Gasteiger partial charge in [-0.1, -0.05) is 110 Å². The summed E-state index contributed by atoms with van der Waals surface area (Å²) in [5.41, 5.74) is 1.55. The van der Waals surface area contributed by atoms with Crippen molar-refractivity contribution in [2.45, 2.75) is 123 Å². The average Bonchev–Trinajstić information content (AvgIpc) is 2.75. The molecule has 0 saturated heterocycles. The van der Waals surface area contributed by atoms with E-state index in [2.05, 4.69) is 6.92 Å². The zero-order valence-electron chi connectivity index (χ0n) is 19.9. The molecule has 0 radical (unpaired) electrons. The maximum absolute atomic E-state index is 11.7. The summed E-state index contributed by atoms with van der Waals surface area (Å²) in [4.78, 5) is 23.1. The number of carbonyl (C=O) groups is 2. The molecule has 2 N–H and O–H groups in total. The van der Waals surface area contributed by atoms with Crippen molar-refractivity contribution in [3.63, 3.8) is 0 Å². The molecule has 4 nitrogen and oxygen atoms in total. The van der Waals surface area contributed by atoms with Crippen molar-refractivity contribution in [3.05, 3.63) is 34.4 Å². The third-order valence-corrected chi connectivity index (χ3v) is 6.27. The Balaban J connectivity index is 2.21. The molecular weight excluding hydrogens is 388 g/mol. The van der Waals surface area contributed by atoms with Gasteiger partial charge in [-0.25, -0.2) is 9.59 Å².